The summed E-state index contributed by atoms with van der Waals surface area (Å²) in [6, 6.07) is 15.8. The number of fused-ring (bicyclic) bond motifs is 3. The molecule has 2 aliphatic heterocycles. The molecule has 14 nitrogen and oxygen atoms in total. The topological polar surface area (TPSA) is 183 Å². The first-order chi connectivity index (χ1) is 29.2. The number of aromatic hydroxyl groups is 1. The van der Waals surface area contributed by atoms with E-state index >= 15 is 0 Å². The third-order valence-corrected chi connectivity index (χ3v) is 11.9. The molecule has 0 spiro atoms. The molecule has 1 amide bonds. The predicted octanol–water partition coefficient (Wildman–Crippen LogP) is 7.42. The monoisotopic (exact) mass is 823 g/mol. The molecule has 0 aromatic heterocycles. The first kappa shape index (κ1) is 42.4. The summed E-state index contributed by atoms with van der Waals surface area (Å²) in [5.41, 5.74) is 3.62. The highest BCUT2D eigenvalue weighted by molar-refractivity contribution is 6.03. The maximum atomic E-state index is 15.0. The number of carbonyl (C=O) groups excluding carboxylic acids is 1. The van der Waals surface area contributed by atoms with Crippen LogP contribution in [0.2, 0.25) is 0 Å². The number of amides is 1. The summed E-state index contributed by atoms with van der Waals surface area (Å²) >= 11 is 0. The number of hydrogen-bond acceptors (Lipinski definition) is 12. The highest BCUT2D eigenvalue weighted by Crippen LogP contribution is 2.62. The van der Waals surface area contributed by atoms with Crippen LogP contribution >= 0.6 is 0 Å². The number of phenols is 1. The van der Waals surface area contributed by atoms with Gasteiger partial charge in [0.2, 0.25) is 18.5 Å². The lowest BCUT2D eigenvalue weighted by molar-refractivity contribution is -0.384. The zero-order chi connectivity index (χ0) is 42.2. The molecule has 0 saturated heterocycles. The van der Waals surface area contributed by atoms with E-state index in [-0.39, 0.29) is 74.7 Å². The smallest absolute Gasteiger partial charge is 0.269 e. The largest absolute Gasteiger partial charge is 0.508 e. The number of hydrogen-bond donors (Lipinski definition) is 3. The summed E-state index contributed by atoms with van der Waals surface area (Å²) in [6.45, 7) is 6.55. The Kier molecular flexibility index (Phi) is 13.5. The van der Waals surface area contributed by atoms with Crippen LogP contribution < -0.4 is 14.2 Å². The third kappa shape index (κ3) is 8.77. The molecular formula is C46H53N3O11. The Morgan fingerprint density at radius 1 is 1.02 bits per heavy atom. The Balaban J connectivity index is 1.42. The van der Waals surface area contributed by atoms with Crippen molar-refractivity contribution in [3.63, 3.8) is 0 Å². The molecule has 3 aromatic rings. The van der Waals surface area contributed by atoms with Crippen LogP contribution in [0.15, 0.2) is 96.2 Å². The molecule has 2 heterocycles. The van der Waals surface area contributed by atoms with Crippen molar-refractivity contribution in [2.24, 2.45) is 22.9 Å². The molecule has 0 unspecified atom stereocenters. The number of unbranched alkanes of at least 4 members (excludes halogenated alkanes) is 2. The fraction of sp³-hybridized carbons (Fsp3) is 0.435. The molecule has 3 aromatic carbocycles. The van der Waals surface area contributed by atoms with Gasteiger partial charge in [-0.25, -0.2) is 0 Å². The highest BCUT2D eigenvalue weighted by atomic mass is 16.7. The number of phenolic OH excluding ortho intramolecular Hbond substituents is 1. The van der Waals surface area contributed by atoms with E-state index in [1.807, 2.05) is 25.1 Å². The molecule has 6 atom stereocenters. The average Bonchev–Trinajstić information content (AvgIpc) is 3.73. The van der Waals surface area contributed by atoms with Gasteiger partial charge in [0, 0.05) is 55.9 Å². The summed E-state index contributed by atoms with van der Waals surface area (Å²) < 4.78 is 25.6. The van der Waals surface area contributed by atoms with E-state index in [0.717, 1.165) is 42.4 Å². The molecule has 1 fully saturated rings. The van der Waals surface area contributed by atoms with Crippen LogP contribution in [0.3, 0.4) is 0 Å². The van der Waals surface area contributed by atoms with Gasteiger partial charge in [-0.2, -0.15) is 0 Å². The molecule has 2 aliphatic carbocycles. The normalized spacial score (nSPS) is 24.3. The summed E-state index contributed by atoms with van der Waals surface area (Å²) in [5.74, 6) is -0.950. The number of nitrogens with zero attached hydrogens (tertiary/aromatic N) is 3. The molecule has 318 valence electrons. The van der Waals surface area contributed by atoms with Crippen molar-refractivity contribution in [3.05, 3.63) is 118 Å². The van der Waals surface area contributed by atoms with Gasteiger partial charge in [0.1, 0.15) is 24.1 Å². The Hall–Kier alpha value is -5.70. The van der Waals surface area contributed by atoms with Crippen molar-refractivity contribution in [1.82, 2.24) is 4.90 Å². The zero-order valence-electron chi connectivity index (χ0n) is 33.8. The van der Waals surface area contributed by atoms with Gasteiger partial charge in [-0.3, -0.25) is 14.9 Å². The minimum absolute atomic E-state index is 0.00714. The summed E-state index contributed by atoms with van der Waals surface area (Å²) in [5, 5.41) is 46.7. The highest BCUT2D eigenvalue weighted by Gasteiger charge is 2.65. The van der Waals surface area contributed by atoms with Crippen LogP contribution in [0.1, 0.15) is 74.5 Å². The van der Waals surface area contributed by atoms with Crippen LogP contribution in [0.25, 0.3) is 6.08 Å². The molecular weight excluding hydrogens is 771 g/mol. The molecule has 7 rings (SSSR count). The number of ether oxygens (including phenoxy) is 4. The molecule has 0 bridgehead atoms. The number of aliphatic hydroxyl groups is 2. The lowest BCUT2D eigenvalue weighted by Gasteiger charge is -2.60. The van der Waals surface area contributed by atoms with Gasteiger partial charge in [-0.1, -0.05) is 36.2 Å². The first-order valence-electron chi connectivity index (χ1n) is 20.7. The van der Waals surface area contributed by atoms with E-state index < -0.39 is 22.7 Å². The molecule has 1 saturated carbocycles. The van der Waals surface area contributed by atoms with Crippen molar-refractivity contribution >= 4 is 23.4 Å². The summed E-state index contributed by atoms with van der Waals surface area (Å²) in [7, 11) is 0. The number of nitro benzene ring substituents is 1. The van der Waals surface area contributed by atoms with Crippen LogP contribution in [0.4, 0.5) is 5.69 Å². The Labute approximate surface area is 349 Å². The van der Waals surface area contributed by atoms with Crippen LogP contribution in [0, 0.1) is 27.9 Å². The molecule has 4 aliphatic rings. The van der Waals surface area contributed by atoms with Gasteiger partial charge in [-0.15, -0.1) is 6.58 Å². The summed E-state index contributed by atoms with van der Waals surface area (Å²) in [4.78, 5) is 33.4. The maximum absolute atomic E-state index is 15.0. The van der Waals surface area contributed by atoms with Crippen LogP contribution in [0.5, 0.6) is 23.0 Å². The number of allylic oxidation sites excluding steroid dienone is 1. The van der Waals surface area contributed by atoms with Gasteiger partial charge in [-0.05, 0) is 110 Å². The van der Waals surface area contributed by atoms with Gasteiger partial charge in [0.15, 0.2) is 11.5 Å². The van der Waals surface area contributed by atoms with Gasteiger partial charge < -0.3 is 44.0 Å². The van der Waals surface area contributed by atoms with E-state index in [1.165, 1.54) is 18.2 Å². The molecule has 0 radical (unpaired) electrons. The number of benzene rings is 3. The Morgan fingerprint density at radius 2 is 1.77 bits per heavy atom. The van der Waals surface area contributed by atoms with E-state index in [2.05, 4.69) is 12.7 Å². The second-order valence-electron chi connectivity index (χ2n) is 15.5. The lowest BCUT2D eigenvalue weighted by atomic mass is 9.55. The minimum Gasteiger partial charge on any atom is -0.508 e. The second kappa shape index (κ2) is 19.1. The van der Waals surface area contributed by atoms with Gasteiger partial charge >= 0.3 is 0 Å². The van der Waals surface area contributed by atoms with Crippen LogP contribution in [-0.4, -0.2) is 81.8 Å². The Bertz CT molecular complexity index is 2120. The summed E-state index contributed by atoms with van der Waals surface area (Å²) in [6.07, 6.45) is 11.5. The van der Waals surface area contributed by atoms with Crippen molar-refractivity contribution < 1.29 is 48.8 Å². The first-order valence-corrected chi connectivity index (χ1v) is 20.7. The number of oxime groups is 1. The van der Waals surface area contributed by atoms with E-state index in [9.17, 15) is 30.2 Å². The van der Waals surface area contributed by atoms with Crippen molar-refractivity contribution in [1.29, 1.82) is 0 Å². The zero-order valence-corrected chi connectivity index (χ0v) is 33.8. The lowest BCUT2D eigenvalue weighted by Crippen LogP contribution is -2.70. The van der Waals surface area contributed by atoms with E-state index in [0.29, 0.717) is 48.0 Å². The number of aliphatic hydroxyl groups excluding tert-OH is 2. The van der Waals surface area contributed by atoms with E-state index in [4.69, 9.17) is 28.9 Å². The molecule has 3 N–H and O–H groups in total. The fourth-order valence-corrected chi connectivity index (χ4v) is 9.35. The van der Waals surface area contributed by atoms with Crippen molar-refractivity contribution in [3.8, 4) is 23.0 Å². The number of rotatable bonds is 19. The second-order valence-corrected chi connectivity index (χ2v) is 15.5. The number of carbonyl (C=O) groups is 1. The molecule has 14 heteroatoms. The van der Waals surface area contributed by atoms with Gasteiger partial charge in [0.25, 0.3) is 5.69 Å². The average molecular weight is 824 g/mol. The standard InChI is InChI=1S/C46H53N3O11/c1-3-23-58-46-42(48(28-31-13-18-40-41(24-31)57-29-56-40)43(53)20-14-30-11-15-33(16-12-30)49(54)55)27-38(47-59-4-2)36-25-32(9-5-7-21-50)35(10-6-8-22-51)44(45(36)46)37-26-34(52)17-19-39(37)60-46/h3,11-20,24-26,32,35,42,44-45,50-52H,1,4-10,21-23,27-29H2,2H3/t32-,35+,42-,44+,45+,46+/m0/s1. The van der Waals surface area contributed by atoms with Gasteiger partial charge in [0.05, 0.1) is 23.2 Å². The predicted molar refractivity (Wildman–Crippen MR) is 223 cm³/mol. The minimum atomic E-state index is -1.52. The van der Waals surface area contributed by atoms with Crippen LogP contribution in [-0.2, 0) is 20.9 Å². The Morgan fingerprint density at radius 3 is 2.50 bits per heavy atom. The van der Waals surface area contributed by atoms with Crippen molar-refractivity contribution in [2.45, 2.75) is 76.2 Å². The van der Waals surface area contributed by atoms with E-state index in [1.54, 1.807) is 47.4 Å². The molecule has 60 heavy (non-hydrogen) atoms. The van der Waals surface area contributed by atoms with Crippen molar-refractivity contribution in [2.75, 3.05) is 33.2 Å². The fourth-order valence-electron chi connectivity index (χ4n) is 9.35. The maximum Gasteiger partial charge on any atom is 0.269 e. The quantitative estimate of drug-likeness (QED) is 0.0360. The SMILES string of the molecule is C=CCO[C@@]12Oc3ccc(O)cc3[C@H]3[C@H](CCCCO)[C@@H](CCCCO)C=C(C(=NOCC)C[C@@H]1N(Cc1ccc4c(c1)OCO4)C(=O)C=Cc1ccc([N+](=O)[O-])cc1)[C@H]32. The number of nitro groups is 1. The number of non-ortho nitro benzene ring substituents is 1. The third-order valence-electron chi connectivity index (χ3n) is 11.9.